The third kappa shape index (κ3) is 3.07. The zero-order valence-electron chi connectivity index (χ0n) is 9.31. The van der Waals surface area contributed by atoms with Gasteiger partial charge in [-0.3, -0.25) is 4.98 Å². The van der Waals surface area contributed by atoms with Gasteiger partial charge in [0.2, 0.25) is 0 Å². The van der Waals surface area contributed by atoms with Crippen LogP contribution in [0.25, 0.3) is 11.3 Å². The molecule has 0 bridgehead atoms. The van der Waals surface area contributed by atoms with Gasteiger partial charge in [-0.1, -0.05) is 41.9 Å². The van der Waals surface area contributed by atoms with Gasteiger partial charge in [-0.15, -0.1) is 0 Å². The minimum Gasteiger partial charge on any atom is -0.506 e. The number of rotatable bonds is 1. The molecule has 0 aliphatic heterocycles. The molecule has 1 N–H and O–H groups in total. The predicted molar refractivity (Wildman–Crippen MR) is 70.4 cm³/mol. The van der Waals surface area contributed by atoms with E-state index in [4.69, 9.17) is 0 Å². The summed E-state index contributed by atoms with van der Waals surface area (Å²) < 4.78 is 1.01. The molecule has 0 fully saturated rings. The molecule has 3 heteroatoms. The second kappa shape index (κ2) is 6.28. The lowest BCUT2D eigenvalue weighted by atomic mass is 10.1. The van der Waals surface area contributed by atoms with Crippen molar-refractivity contribution in [3.63, 3.8) is 0 Å². The van der Waals surface area contributed by atoms with Crippen molar-refractivity contribution in [1.82, 2.24) is 4.98 Å². The number of aromatic hydroxyl groups is 1. The molecule has 0 unspecified atom stereocenters. The molecule has 2 nitrogen and oxygen atoms in total. The van der Waals surface area contributed by atoms with Crippen LogP contribution in [0.2, 0.25) is 0 Å². The van der Waals surface area contributed by atoms with Crippen LogP contribution in [-0.4, -0.2) is 10.1 Å². The summed E-state index contributed by atoms with van der Waals surface area (Å²) >= 11 is 3.35. The summed E-state index contributed by atoms with van der Waals surface area (Å²) in [4.78, 5) is 4.11. The quantitative estimate of drug-likeness (QED) is 0.847. The zero-order chi connectivity index (χ0) is 12.0. The van der Waals surface area contributed by atoms with E-state index in [9.17, 15) is 5.11 Å². The lowest BCUT2D eigenvalue weighted by Crippen LogP contribution is -1.82. The maximum Gasteiger partial charge on any atom is 0.141 e. The number of hydrogen-bond acceptors (Lipinski definition) is 2. The summed E-state index contributed by atoms with van der Waals surface area (Å²) in [5, 5.41) is 9.56. The van der Waals surface area contributed by atoms with Crippen LogP contribution >= 0.6 is 15.9 Å². The van der Waals surface area contributed by atoms with Gasteiger partial charge in [0.05, 0.1) is 0 Å². The third-order valence-electron chi connectivity index (χ3n) is 1.90. The van der Waals surface area contributed by atoms with E-state index in [1.807, 2.05) is 38.1 Å². The Balaban J connectivity index is 0.000000606. The van der Waals surface area contributed by atoms with Crippen LogP contribution in [0.4, 0.5) is 0 Å². The highest BCUT2D eigenvalue weighted by atomic mass is 79.9. The summed E-state index contributed by atoms with van der Waals surface area (Å²) in [5.74, 6) is 0.204. The van der Waals surface area contributed by atoms with E-state index in [0.29, 0.717) is 5.69 Å². The van der Waals surface area contributed by atoms with Crippen LogP contribution in [0.5, 0.6) is 5.75 Å². The fourth-order valence-corrected chi connectivity index (χ4v) is 1.49. The highest BCUT2D eigenvalue weighted by Gasteiger charge is 2.03. The second-order valence-corrected chi connectivity index (χ2v) is 3.79. The first-order valence-corrected chi connectivity index (χ1v) is 5.96. The van der Waals surface area contributed by atoms with Gasteiger partial charge in [-0.25, -0.2) is 0 Å². The van der Waals surface area contributed by atoms with E-state index in [0.717, 1.165) is 10.0 Å². The van der Waals surface area contributed by atoms with E-state index in [1.165, 1.54) is 0 Å². The Bertz CT molecular complexity index is 440. The average molecular weight is 280 g/mol. The van der Waals surface area contributed by atoms with Gasteiger partial charge in [0.15, 0.2) is 0 Å². The monoisotopic (exact) mass is 279 g/mol. The van der Waals surface area contributed by atoms with Crippen molar-refractivity contribution in [2.45, 2.75) is 13.8 Å². The molecule has 84 valence electrons. The van der Waals surface area contributed by atoms with Crippen LogP contribution in [-0.2, 0) is 0 Å². The van der Waals surface area contributed by atoms with Crippen LogP contribution in [0, 0.1) is 0 Å². The molecule has 0 radical (unpaired) electrons. The zero-order valence-corrected chi connectivity index (χ0v) is 10.9. The number of pyridine rings is 1. The van der Waals surface area contributed by atoms with Gasteiger partial charge in [-0.05, 0) is 24.3 Å². The van der Waals surface area contributed by atoms with Crippen molar-refractivity contribution >= 4 is 15.9 Å². The van der Waals surface area contributed by atoms with Gasteiger partial charge < -0.3 is 5.11 Å². The fraction of sp³-hybridized carbons (Fsp3) is 0.154. The molecule has 0 amide bonds. The Hall–Kier alpha value is -1.35. The normalized spacial score (nSPS) is 9.19. The van der Waals surface area contributed by atoms with E-state index < -0.39 is 0 Å². The third-order valence-corrected chi connectivity index (χ3v) is 2.43. The summed E-state index contributed by atoms with van der Waals surface area (Å²) in [6, 6.07) is 11.0. The average Bonchev–Trinajstić information content (AvgIpc) is 2.34. The number of hydrogen-bond donors (Lipinski definition) is 1. The van der Waals surface area contributed by atoms with Crippen molar-refractivity contribution in [2.75, 3.05) is 0 Å². The Morgan fingerprint density at radius 3 is 2.25 bits per heavy atom. The smallest absolute Gasteiger partial charge is 0.141 e. The molecule has 1 aromatic carbocycles. The predicted octanol–water partition coefficient (Wildman–Crippen LogP) is 4.24. The number of nitrogens with zero attached hydrogens (tertiary/aromatic N) is 1. The topological polar surface area (TPSA) is 33.1 Å². The first kappa shape index (κ1) is 12.7. The van der Waals surface area contributed by atoms with E-state index in [-0.39, 0.29) is 5.75 Å². The Morgan fingerprint density at radius 1 is 1.06 bits per heavy atom. The van der Waals surface area contributed by atoms with Gasteiger partial charge >= 0.3 is 0 Å². The van der Waals surface area contributed by atoms with Gasteiger partial charge in [0, 0.05) is 16.2 Å². The first-order valence-electron chi connectivity index (χ1n) is 5.17. The SMILES string of the molecule is CC.Oc1cccnc1-c1ccc(Br)cc1. The molecule has 0 aliphatic rings. The van der Waals surface area contributed by atoms with Crippen LogP contribution < -0.4 is 0 Å². The highest BCUT2D eigenvalue weighted by molar-refractivity contribution is 9.10. The van der Waals surface area contributed by atoms with Crippen LogP contribution in [0.1, 0.15) is 13.8 Å². The largest absolute Gasteiger partial charge is 0.506 e. The number of aromatic nitrogens is 1. The van der Waals surface area contributed by atoms with Crippen molar-refractivity contribution in [1.29, 1.82) is 0 Å². The Kier molecular flexibility index (Phi) is 4.99. The lowest BCUT2D eigenvalue weighted by molar-refractivity contribution is 0.475. The van der Waals surface area contributed by atoms with E-state index >= 15 is 0 Å². The molecule has 0 saturated heterocycles. The summed E-state index contributed by atoms with van der Waals surface area (Å²) in [6.45, 7) is 4.00. The summed E-state index contributed by atoms with van der Waals surface area (Å²) in [6.07, 6.45) is 1.66. The van der Waals surface area contributed by atoms with Crippen molar-refractivity contribution < 1.29 is 5.11 Å². The molecule has 2 rings (SSSR count). The molecule has 0 spiro atoms. The summed E-state index contributed by atoms with van der Waals surface area (Å²) in [7, 11) is 0. The molecule has 1 heterocycles. The van der Waals surface area contributed by atoms with Gasteiger partial charge in [0.1, 0.15) is 11.4 Å². The van der Waals surface area contributed by atoms with Crippen LogP contribution in [0.15, 0.2) is 47.1 Å². The maximum atomic E-state index is 9.56. The highest BCUT2D eigenvalue weighted by Crippen LogP contribution is 2.26. The summed E-state index contributed by atoms with van der Waals surface area (Å²) in [5.41, 5.74) is 1.52. The van der Waals surface area contributed by atoms with Crippen molar-refractivity contribution in [3.8, 4) is 17.0 Å². The van der Waals surface area contributed by atoms with E-state index in [2.05, 4.69) is 20.9 Å². The first-order chi connectivity index (χ1) is 7.77. The molecule has 16 heavy (non-hydrogen) atoms. The second-order valence-electron chi connectivity index (χ2n) is 2.88. The molecule has 0 saturated carbocycles. The number of halogens is 1. The molecule has 0 aliphatic carbocycles. The van der Waals surface area contributed by atoms with Crippen molar-refractivity contribution in [2.24, 2.45) is 0 Å². The van der Waals surface area contributed by atoms with Gasteiger partial charge in [0.25, 0.3) is 0 Å². The standard InChI is InChI=1S/C11H8BrNO.C2H6/c12-9-5-3-8(4-6-9)11-10(14)2-1-7-13-11;1-2/h1-7,14H;1-2H3. The molecule has 2 aromatic rings. The van der Waals surface area contributed by atoms with Crippen molar-refractivity contribution in [3.05, 3.63) is 47.1 Å². The van der Waals surface area contributed by atoms with Crippen LogP contribution in [0.3, 0.4) is 0 Å². The molecule has 1 aromatic heterocycles. The molecule has 0 atom stereocenters. The van der Waals surface area contributed by atoms with Gasteiger partial charge in [-0.2, -0.15) is 0 Å². The maximum absolute atomic E-state index is 9.56. The molecular formula is C13H14BrNO. The fourth-order valence-electron chi connectivity index (χ4n) is 1.23. The molecular weight excluding hydrogens is 266 g/mol. The minimum absolute atomic E-state index is 0.204. The Labute approximate surface area is 104 Å². The Morgan fingerprint density at radius 2 is 1.69 bits per heavy atom. The van der Waals surface area contributed by atoms with E-state index in [1.54, 1.807) is 18.3 Å². The minimum atomic E-state index is 0.204. The lowest BCUT2D eigenvalue weighted by Gasteiger charge is -2.02. The number of benzene rings is 1.